The van der Waals surface area contributed by atoms with Crippen LogP contribution >= 0.6 is 12.6 Å². The number of rotatable bonds is 4. The van der Waals surface area contributed by atoms with Crippen molar-refractivity contribution in [3.8, 4) is 0 Å². The first-order valence-electron chi connectivity index (χ1n) is 7.21. The van der Waals surface area contributed by atoms with Gasteiger partial charge in [-0.3, -0.25) is 10.1 Å². The molecule has 0 N–H and O–H groups in total. The molecular formula is C19H15NO2S. The Morgan fingerprint density at radius 1 is 0.696 bits per heavy atom. The molecule has 3 nitrogen and oxygen atoms in total. The number of hydrogen-bond acceptors (Lipinski definition) is 3. The number of thiol groups is 1. The van der Waals surface area contributed by atoms with Crippen LogP contribution in [0, 0.1) is 10.1 Å². The molecule has 0 amide bonds. The molecule has 0 radical (unpaired) electrons. The highest BCUT2D eigenvalue weighted by atomic mass is 32.1. The normalized spacial score (nSPS) is 11.2. The average molecular weight is 321 g/mol. The molecule has 3 aromatic carbocycles. The first-order chi connectivity index (χ1) is 11.1. The topological polar surface area (TPSA) is 43.1 Å². The van der Waals surface area contributed by atoms with Crippen molar-refractivity contribution in [2.24, 2.45) is 0 Å². The SMILES string of the molecule is O=[N+]([O-])c1ccc(C(S)(c2ccccc2)c2ccccc2)cc1. The van der Waals surface area contributed by atoms with Crippen LogP contribution in [0.25, 0.3) is 0 Å². The van der Waals surface area contributed by atoms with Gasteiger partial charge in [-0.1, -0.05) is 72.8 Å². The zero-order valence-corrected chi connectivity index (χ0v) is 13.2. The molecule has 4 heteroatoms. The van der Waals surface area contributed by atoms with E-state index in [1.54, 1.807) is 12.1 Å². The van der Waals surface area contributed by atoms with E-state index in [2.05, 4.69) is 0 Å². The quantitative estimate of drug-likeness (QED) is 0.324. The van der Waals surface area contributed by atoms with E-state index in [0.29, 0.717) is 0 Å². The summed E-state index contributed by atoms with van der Waals surface area (Å²) in [6.45, 7) is 0. The molecule has 0 aromatic heterocycles. The second-order valence-corrected chi connectivity index (χ2v) is 5.92. The zero-order chi connectivity index (χ0) is 16.3. The van der Waals surface area contributed by atoms with Crippen LogP contribution in [0.3, 0.4) is 0 Å². The molecule has 0 unspecified atom stereocenters. The Kier molecular flexibility index (Phi) is 4.17. The van der Waals surface area contributed by atoms with Crippen molar-refractivity contribution < 1.29 is 4.92 Å². The number of nitrogens with zero attached hydrogens (tertiary/aromatic N) is 1. The van der Waals surface area contributed by atoms with Crippen LogP contribution in [0.4, 0.5) is 5.69 Å². The Labute approximate surface area is 140 Å². The number of nitro groups is 1. The summed E-state index contributed by atoms with van der Waals surface area (Å²) < 4.78 is -0.669. The van der Waals surface area contributed by atoms with Gasteiger partial charge in [-0.2, -0.15) is 12.6 Å². The van der Waals surface area contributed by atoms with Gasteiger partial charge in [-0.05, 0) is 16.7 Å². The summed E-state index contributed by atoms with van der Waals surface area (Å²) in [6, 6.07) is 26.4. The molecule has 23 heavy (non-hydrogen) atoms. The highest BCUT2D eigenvalue weighted by Crippen LogP contribution is 2.42. The van der Waals surface area contributed by atoms with Gasteiger partial charge < -0.3 is 0 Å². The molecule has 0 saturated carbocycles. The lowest BCUT2D eigenvalue weighted by molar-refractivity contribution is -0.384. The van der Waals surface area contributed by atoms with E-state index >= 15 is 0 Å². The van der Waals surface area contributed by atoms with Gasteiger partial charge in [-0.15, -0.1) is 0 Å². The van der Waals surface area contributed by atoms with Crippen LogP contribution in [-0.4, -0.2) is 4.92 Å². The van der Waals surface area contributed by atoms with Crippen molar-refractivity contribution in [3.05, 3.63) is 112 Å². The fourth-order valence-corrected chi connectivity index (χ4v) is 3.13. The number of nitro benzene ring substituents is 1. The largest absolute Gasteiger partial charge is 0.269 e. The fraction of sp³-hybridized carbons (Fsp3) is 0.0526. The minimum atomic E-state index is -0.669. The van der Waals surface area contributed by atoms with Crippen molar-refractivity contribution in [2.75, 3.05) is 0 Å². The summed E-state index contributed by atoms with van der Waals surface area (Å²) >= 11 is 5.00. The average Bonchev–Trinajstić information content (AvgIpc) is 2.62. The first-order valence-corrected chi connectivity index (χ1v) is 7.65. The van der Waals surface area contributed by atoms with Crippen molar-refractivity contribution in [2.45, 2.75) is 4.75 Å². The van der Waals surface area contributed by atoms with Gasteiger partial charge in [0.1, 0.15) is 0 Å². The number of hydrogen-bond donors (Lipinski definition) is 1. The van der Waals surface area contributed by atoms with Gasteiger partial charge in [-0.25, -0.2) is 0 Å². The number of non-ortho nitro benzene ring substituents is 1. The lowest BCUT2D eigenvalue weighted by atomic mass is 9.84. The Bertz CT molecular complexity index is 762. The molecule has 3 aromatic rings. The molecule has 114 valence electrons. The minimum Gasteiger partial charge on any atom is -0.258 e. The van der Waals surface area contributed by atoms with E-state index in [4.69, 9.17) is 12.6 Å². The molecule has 0 aliphatic carbocycles. The predicted molar refractivity (Wildman–Crippen MR) is 94.8 cm³/mol. The summed E-state index contributed by atoms with van der Waals surface area (Å²) in [5.41, 5.74) is 3.00. The van der Waals surface area contributed by atoms with E-state index in [9.17, 15) is 10.1 Å². The van der Waals surface area contributed by atoms with Crippen LogP contribution in [0.2, 0.25) is 0 Å². The van der Waals surface area contributed by atoms with Crippen LogP contribution in [0.5, 0.6) is 0 Å². The second-order valence-electron chi connectivity index (χ2n) is 5.25. The van der Waals surface area contributed by atoms with Gasteiger partial charge >= 0.3 is 0 Å². The third-order valence-electron chi connectivity index (χ3n) is 3.88. The maximum atomic E-state index is 10.9. The maximum absolute atomic E-state index is 10.9. The fourth-order valence-electron chi connectivity index (χ4n) is 2.68. The van der Waals surface area contributed by atoms with E-state index in [-0.39, 0.29) is 5.69 Å². The first kappa shape index (κ1) is 15.3. The lowest BCUT2D eigenvalue weighted by Crippen LogP contribution is -2.22. The Balaban J connectivity index is 2.18. The highest BCUT2D eigenvalue weighted by molar-refractivity contribution is 7.81. The van der Waals surface area contributed by atoms with Crippen LogP contribution in [-0.2, 0) is 4.75 Å². The molecule has 0 heterocycles. The summed E-state index contributed by atoms with van der Waals surface area (Å²) in [7, 11) is 0. The molecule has 0 fully saturated rings. The van der Waals surface area contributed by atoms with Gasteiger partial charge in [0.05, 0.1) is 9.67 Å². The monoisotopic (exact) mass is 321 g/mol. The smallest absolute Gasteiger partial charge is 0.258 e. The van der Waals surface area contributed by atoms with Gasteiger partial charge in [0, 0.05) is 12.1 Å². The van der Waals surface area contributed by atoms with Gasteiger partial charge in [0.2, 0.25) is 0 Å². The summed E-state index contributed by atoms with van der Waals surface area (Å²) in [4.78, 5) is 10.5. The van der Waals surface area contributed by atoms with Crippen LogP contribution < -0.4 is 0 Å². The van der Waals surface area contributed by atoms with Crippen molar-refractivity contribution in [1.29, 1.82) is 0 Å². The standard InChI is InChI=1S/C19H15NO2S/c21-20(22)18-13-11-17(12-14-18)19(23,15-7-3-1-4-8-15)16-9-5-2-6-10-16/h1-14,23H. The van der Waals surface area contributed by atoms with Crippen molar-refractivity contribution in [1.82, 2.24) is 0 Å². The lowest BCUT2D eigenvalue weighted by Gasteiger charge is -2.30. The summed E-state index contributed by atoms with van der Waals surface area (Å²) in [6.07, 6.45) is 0. The minimum absolute atomic E-state index is 0.0746. The maximum Gasteiger partial charge on any atom is 0.269 e. The summed E-state index contributed by atoms with van der Waals surface area (Å²) in [5, 5.41) is 10.9. The van der Waals surface area contributed by atoms with E-state index < -0.39 is 9.67 Å². The second kappa shape index (κ2) is 6.26. The van der Waals surface area contributed by atoms with Gasteiger partial charge in [0.15, 0.2) is 0 Å². The van der Waals surface area contributed by atoms with E-state index in [1.165, 1.54) is 12.1 Å². The Morgan fingerprint density at radius 2 is 1.09 bits per heavy atom. The predicted octanol–water partition coefficient (Wildman–Crippen LogP) is 4.82. The number of benzene rings is 3. The zero-order valence-electron chi connectivity index (χ0n) is 12.3. The highest BCUT2D eigenvalue weighted by Gasteiger charge is 2.32. The van der Waals surface area contributed by atoms with E-state index in [0.717, 1.165) is 16.7 Å². The van der Waals surface area contributed by atoms with Gasteiger partial charge in [0.25, 0.3) is 5.69 Å². The molecular weight excluding hydrogens is 306 g/mol. The molecule has 0 atom stereocenters. The van der Waals surface area contributed by atoms with Crippen molar-refractivity contribution in [3.63, 3.8) is 0 Å². The summed E-state index contributed by atoms with van der Waals surface area (Å²) in [5.74, 6) is 0. The third-order valence-corrected chi connectivity index (χ3v) is 4.65. The Morgan fingerprint density at radius 3 is 1.48 bits per heavy atom. The molecule has 0 aliphatic rings. The Hall–Kier alpha value is -2.59. The van der Waals surface area contributed by atoms with Crippen LogP contribution in [0.15, 0.2) is 84.9 Å². The molecule has 3 rings (SSSR count). The van der Waals surface area contributed by atoms with Crippen LogP contribution in [0.1, 0.15) is 16.7 Å². The molecule has 0 saturated heterocycles. The third kappa shape index (κ3) is 2.85. The molecule has 0 bridgehead atoms. The molecule has 0 aliphatic heterocycles. The van der Waals surface area contributed by atoms with Crippen molar-refractivity contribution >= 4 is 18.3 Å². The molecule has 0 spiro atoms. The van der Waals surface area contributed by atoms with E-state index in [1.807, 2.05) is 60.7 Å².